The van der Waals surface area contributed by atoms with Gasteiger partial charge in [-0.05, 0) is 30.6 Å². The Labute approximate surface area is 110 Å². The van der Waals surface area contributed by atoms with Crippen LogP contribution in [0.2, 0.25) is 0 Å². The Kier molecular flexibility index (Phi) is 4.31. The number of hydrogen-bond acceptors (Lipinski definition) is 3. The molecule has 2 fully saturated rings. The van der Waals surface area contributed by atoms with Crippen molar-refractivity contribution in [1.29, 1.82) is 0 Å². The molecular weight excluding hydrogens is 250 g/mol. The summed E-state index contributed by atoms with van der Waals surface area (Å²) >= 11 is 0. The molecule has 3 N–H and O–H groups in total. The lowest BCUT2D eigenvalue weighted by Gasteiger charge is -2.29. The predicted octanol–water partition coefficient (Wildman–Crippen LogP) is 0.536. The van der Waals surface area contributed by atoms with Crippen LogP contribution in [0, 0.1) is 17.8 Å². The van der Waals surface area contributed by atoms with E-state index >= 15 is 0 Å². The van der Waals surface area contributed by atoms with E-state index in [2.05, 4.69) is 4.72 Å². The molecular formula is C12H25N3O2S. The minimum atomic E-state index is -3.31. The van der Waals surface area contributed by atoms with E-state index in [-0.39, 0.29) is 6.04 Å². The molecule has 2 aliphatic rings. The zero-order chi connectivity index (χ0) is 13.3. The Morgan fingerprint density at radius 1 is 1.33 bits per heavy atom. The van der Waals surface area contributed by atoms with Gasteiger partial charge in [0, 0.05) is 25.7 Å². The van der Waals surface area contributed by atoms with Crippen LogP contribution >= 0.6 is 0 Å². The lowest BCUT2D eigenvalue weighted by molar-refractivity contribution is 0.260. The summed E-state index contributed by atoms with van der Waals surface area (Å²) in [6, 6.07) is 0.175. The smallest absolute Gasteiger partial charge is 0.279 e. The zero-order valence-electron chi connectivity index (χ0n) is 11.3. The molecule has 0 aromatic rings. The molecule has 1 saturated heterocycles. The minimum absolute atomic E-state index is 0.175. The molecule has 0 bridgehead atoms. The van der Waals surface area contributed by atoms with Crippen molar-refractivity contribution in [2.24, 2.45) is 23.5 Å². The predicted molar refractivity (Wildman–Crippen MR) is 72.1 cm³/mol. The van der Waals surface area contributed by atoms with Gasteiger partial charge in [-0.15, -0.1) is 0 Å². The van der Waals surface area contributed by atoms with Gasteiger partial charge >= 0.3 is 0 Å². The molecule has 5 nitrogen and oxygen atoms in total. The lowest BCUT2D eigenvalue weighted by Crippen LogP contribution is -2.42. The van der Waals surface area contributed by atoms with E-state index in [1.54, 1.807) is 4.31 Å². The molecule has 1 saturated carbocycles. The summed E-state index contributed by atoms with van der Waals surface area (Å²) in [5.41, 5.74) is 6.11. The van der Waals surface area contributed by atoms with Gasteiger partial charge in [0.15, 0.2) is 0 Å². The molecule has 0 aromatic carbocycles. The Morgan fingerprint density at radius 3 is 2.67 bits per heavy atom. The summed E-state index contributed by atoms with van der Waals surface area (Å²) in [5, 5.41) is 0. The second kappa shape index (κ2) is 5.45. The highest BCUT2D eigenvalue weighted by molar-refractivity contribution is 7.87. The molecule has 1 heterocycles. The molecule has 3 unspecified atom stereocenters. The highest BCUT2D eigenvalue weighted by Gasteiger charge is 2.42. The Bertz CT molecular complexity index is 383. The zero-order valence-corrected chi connectivity index (χ0v) is 12.1. The van der Waals surface area contributed by atoms with Crippen LogP contribution in [0.3, 0.4) is 0 Å². The third-order valence-corrected chi connectivity index (χ3v) is 5.64. The van der Waals surface area contributed by atoms with Crippen molar-refractivity contribution in [1.82, 2.24) is 9.03 Å². The van der Waals surface area contributed by atoms with Crippen molar-refractivity contribution in [2.75, 3.05) is 19.6 Å². The minimum Gasteiger partial charge on any atom is -0.327 e. The molecule has 0 spiro atoms. The molecule has 0 amide bonds. The third kappa shape index (κ3) is 3.04. The average Bonchev–Trinajstić information content (AvgIpc) is 2.73. The van der Waals surface area contributed by atoms with Gasteiger partial charge in [0.2, 0.25) is 0 Å². The maximum absolute atomic E-state index is 12.2. The summed E-state index contributed by atoms with van der Waals surface area (Å²) in [6.45, 7) is 5.75. The maximum Gasteiger partial charge on any atom is 0.279 e. The van der Waals surface area contributed by atoms with Crippen molar-refractivity contribution >= 4 is 10.2 Å². The molecule has 3 atom stereocenters. The van der Waals surface area contributed by atoms with Gasteiger partial charge in [0.1, 0.15) is 0 Å². The number of nitrogens with zero attached hydrogens (tertiary/aromatic N) is 1. The molecule has 18 heavy (non-hydrogen) atoms. The van der Waals surface area contributed by atoms with E-state index < -0.39 is 10.2 Å². The van der Waals surface area contributed by atoms with Gasteiger partial charge in [0.05, 0.1) is 0 Å². The summed E-state index contributed by atoms with van der Waals surface area (Å²) in [7, 11) is -3.31. The number of nitrogens with one attached hydrogen (secondary N) is 1. The standard InChI is InChI=1S/C12H25N3O2S/c1-9(2)6-14-18(16,17)15-7-10-4-3-5-12(13)11(10)8-15/h9-12,14H,3-8,13H2,1-2H3. The fraction of sp³-hybridized carbons (Fsp3) is 1.00. The Balaban J connectivity index is 1.99. The molecule has 2 rings (SSSR count). The van der Waals surface area contributed by atoms with E-state index in [0.717, 1.165) is 19.3 Å². The fourth-order valence-corrected chi connectivity index (χ4v) is 4.52. The van der Waals surface area contributed by atoms with Crippen LogP contribution in [0.4, 0.5) is 0 Å². The first-order valence-electron chi connectivity index (χ1n) is 6.90. The van der Waals surface area contributed by atoms with E-state index in [1.165, 1.54) is 0 Å². The first kappa shape index (κ1) is 14.2. The van der Waals surface area contributed by atoms with Gasteiger partial charge < -0.3 is 5.73 Å². The van der Waals surface area contributed by atoms with Crippen molar-refractivity contribution in [3.63, 3.8) is 0 Å². The van der Waals surface area contributed by atoms with Crippen molar-refractivity contribution in [2.45, 2.75) is 39.2 Å². The van der Waals surface area contributed by atoms with Crippen LogP contribution in [-0.4, -0.2) is 38.4 Å². The van der Waals surface area contributed by atoms with E-state index in [1.807, 2.05) is 13.8 Å². The Hall–Kier alpha value is -0.170. The van der Waals surface area contributed by atoms with Crippen LogP contribution in [0.5, 0.6) is 0 Å². The van der Waals surface area contributed by atoms with E-state index in [0.29, 0.717) is 37.4 Å². The van der Waals surface area contributed by atoms with Crippen molar-refractivity contribution in [3.05, 3.63) is 0 Å². The SMILES string of the molecule is CC(C)CNS(=O)(=O)N1CC2CCCC(N)C2C1. The van der Waals surface area contributed by atoms with Gasteiger partial charge in [-0.25, -0.2) is 4.72 Å². The normalized spacial score (nSPS) is 33.9. The summed E-state index contributed by atoms with van der Waals surface area (Å²) < 4.78 is 28.6. The maximum atomic E-state index is 12.2. The largest absolute Gasteiger partial charge is 0.327 e. The quantitative estimate of drug-likeness (QED) is 0.786. The van der Waals surface area contributed by atoms with Crippen molar-refractivity contribution < 1.29 is 8.42 Å². The second-order valence-corrected chi connectivity index (χ2v) is 7.84. The third-order valence-electron chi connectivity index (χ3n) is 4.13. The van der Waals surface area contributed by atoms with E-state index in [4.69, 9.17) is 5.73 Å². The van der Waals surface area contributed by atoms with Gasteiger partial charge in [0.25, 0.3) is 10.2 Å². The highest BCUT2D eigenvalue weighted by Crippen LogP contribution is 2.36. The monoisotopic (exact) mass is 275 g/mol. The number of nitrogens with two attached hydrogens (primary N) is 1. The van der Waals surface area contributed by atoms with Crippen LogP contribution < -0.4 is 10.5 Å². The van der Waals surface area contributed by atoms with Crippen LogP contribution in [-0.2, 0) is 10.2 Å². The second-order valence-electron chi connectivity index (χ2n) is 6.08. The molecule has 106 valence electrons. The van der Waals surface area contributed by atoms with Crippen LogP contribution in [0.15, 0.2) is 0 Å². The molecule has 1 aliphatic heterocycles. The number of fused-ring (bicyclic) bond motifs is 1. The van der Waals surface area contributed by atoms with Gasteiger partial charge in [-0.1, -0.05) is 20.3 Å². The van der Waals surface area contributed by atoms with Crippen LogP contribution in [0.1, 0.15) is 33.1 Å². The summed E-state index contributed by atoms with van der Waals surface area (Å²) in [6.07, 6.45) is 3.29. The molecule has 1 aliphatic carbocycles. The summed E-state index contributed by atoms with van der Waals surface area (Å²) in [4.78, 5) is 0. The first-order valence-corrected chi connectivity index (χ1v) is 8.34. The number of rotatable bonds is 4. The molecule has 0 aromatic heterocycles. The molecule has 6 heteroatoms. The fourth-order valence-electron chi connectivity index (χ4n) is 3.04. The summed E-state index contributed by atoms with van der Waals surface area (Å²) in [5.74, 6) is 1.14. The van der Waals surface area contributed by atoms with Gasteiger partial charge in [-0.2, -0.15) is 12.7 Å². The molecule has 0 radical (unpaired) electrons. The van der Waals surface area contributed by atoms with Crippen LogP contribution in [0.25, 0.3) is 0 Å². The lowest BCUT2D eigenvalue weighted by atomic mass is 9.78. The van der Waals surface area contributed by atoms with E-state index in [9.17, 15) is 8.42 Å². The average molecular weight is 275 g/mol. The Morgan fingerprint density at radius 2 is 2.06 bits per heavy atom. The van der Waals surface area contributed by atoms with Gasteiger partial charge in [-0.3, -0.25) is 0 Å². The first-order chi connectivity index (χ1) is 8.40. The highest BCUT2D eigenvalue weighted by atomic mass is 32.2. The van der Waals surface area contributed by atoms with Crippen molar-refractivity contribution in [3.8, 4) is 0 Å². The number of hydrogen-bond donors (Lipinski definition) is 2. The topological polar surface area (TPSA) is 75.4 Å².